The van der Waals surface area contributed by atoms with Gasteiger partial charge in [-0.05, 0) is 18.1 Å². The van der Waals surface area contributed by atoms with Crippen LogP contribution in [0, 0.1) is 17.6 Å². The summed E-state index contributed by atoms with van der Waals surface area (Å²) in [6.45, 7) is 3.91. The molecule has 3 N–H and O–H groups in total. The Morgan fingerprint density at radius 3 is 2.39 bits per heavy atom. The highest BCUT2D eigenvalue weighted by atomic mass is 19.1. The van der Waals surface area contributed by atoms with Crippen LogP contribution in [0.2, 0.25) is 0 Å². The van der Waals surface area contributed by atoms with Gasteiger partial charge in [-0.15, -0.1) is 0 Å². The molecule has 0 radical (unpaired) electrons. The monoisotopic (exact) mass is 251 g/mol. The number of benzene rings is 1. The number of nitrogens with two attached hydrogens (primary N) is 1. The van der Waals surface area contributed by atoms with E-state index in [-0.39, 0.29) is 17.5 Å². The van der Waals surface area contributed by atoms with Crippen molar-refractivity contribution in [2.45, 2.75) is 19.9 Å². The molecule has 2 aromatic rings. The standard InChI is InChI=1S/C13H15F2N3/c1-7(2)12(16)13-17-6-10(18-13)11-8(14)4-3-5-9(11)15/h3-7,12H,16H2,1-2H3,(H,17,18). The number of hydrogen-bond donors (Lipinski definition) is 2. The molecule has 1 heterocycles. The lowest BCUT2D eigenvalue weighted by atomic mass is 10.1. The maximum absolute atomic E-state index is 13.6. The highest BCUT2D eigenvalue weighted by Crippen LogP contribution is 2.26. The quantitative estimate of drug-likeness (QED) is 0.881. The molecular weight excluding hydrogens is 236 g/mol. The SMILES string of the molecule is CC(C)C(N)c1ncc(-c2c(F)cccc2F)[nH]1. The summed E-state index contributed by atoms with van der Waals surface area (Å²) in [5, 5.41) is 0. The zero-order chi connectivity index (χ0) is 13.3. The summed E-state index contributed by atoms with van der Waals surface area (Å²) in [5.41, 5.74) is 6.12. The van der Waals surface area contributed by atoms with Crippen LogP contribution in [0.1, 0.15) is 25.7 Å². The number of H-pyrrole nitrogens is 1. The van der Waals surface area contributed by atoms with Crippen molar-refractivity contribution in [3.05, 3.63) is 41.9 Å². The van der Waals surface area contributed by atoms with E-state index in [0.717, 1.165) is 0 Å². The van der Waals surface area contributed by atoms with Crippen LogP contribution >= 0.6 is 0 Å². The van der Waals surface area contributed by atoms with Crippen LogP contribution < -0.4 is 5.73 Å². The molecule has 5 heteroatoms. The minimum atomic E-state index is -0.622. The van der Waals surface area contributed by atoms with E-state index in [1.165, 1.54) is 24.4 Å². The molecule has 3 nitrogen and oxygen atoms in total. The third-order valence-corrected chi connectivity index (χ3v) is 2.86. The lowest BCUT2D eigenvalue weighted by Crippen LogP contribution is -2.18. The Morgan fingerprint density at radius 2 is 1.83 bits per heavy atom. The van der Waals surface area contributed by atoms with Gasteiger partial charge in [0.15, 0.2) is 0 Å². The molecule has 0 amide bonds. The first-order chi connectivity index (χ1) is 8.50. The van der Waals surface area contributed by atoms with Crippen LogP contribution in [0.25, 0.3) is 11.3 Å². The largest absolute Gasteiger partial charge is 0.341 e. The molecule has 1 unspecified atom stereocenters. The number of nitrogens with one attached hydrogen (secondary N) is 1. The highest BCUT2D eigenvalue weighted by molar-refractivity contribution is 5.60. The van der Waals surface area contributed by atoms with E-state index in [2.05, 4.69) is 9.97 Å². The van der Waals surface area contributed by atoms with Crippen molar-refractivity contribution >= 4 is 0 Å². The van der Waals surface area contributed by atoms with Crippen LogP contribution in [-0.4, -0.2) is 9.97 Å². The van der Waals surface area contributed by atoms with Crippen molar-refractivity contribution in [2.24, 2.45) is 11.7 Å². The van der Waals surface area contributed by atoms with E-state index >= 15 is 0 Å². The fourth-order valence-corrected chi connectivity index (χ4v) is 1.70. The Hall–Kier alpha value is -1.75. The van der Waals surface area contributed by atoms with E-state index < -0.39 is 11.6 Å². The Kier molecular flexibility index (Phi) is 3.43. The summed E-state index contributed by atoms with van der Waals surface area (Å²) < 4.78 is 27.2. The topological polar surface area (TPSA) is 54.7 Å². The van der Waals surface area contributed by atoms with Crippen molar-refractivity contribution in [1.29, 1.82) is 0 Å². The number of rotatable bonds is 3. The van der Waals surface area contributed by atoms with E-state index in [1.54, 1.807) is 0 Å². The van der Waals surface area contributed by atoms with E-state index in [0.29, 0.717) is 11.5 Å². The van der Waals surface area contributed by atoms with Gasteiger partial charge in [-0.1, -0.05) is 19.9 Å². The van der Waals surface area contributed by atoms with Crippen molar-refractivity contribution in [1.82, 2.24) is 9.97 Å². The molecule has 0 fully saturated rings. The molecule has 0 bridgehead atoms. The van der Waals surface area contributed by atoms with E-state index in [9.17, 15) is 8.78 Å². The molecule has 0 saturated heterocycles. The second-order valence-corrected chi connectivity index (χ2v) is 4.55. The summed E-state index contributed by atoms with van der Waals surface area (Å²) in [4.78, 5) is 6.96. The third kappa shape index (κ3) is 2.26. The van der Waals surface area contributed by atoms with Gasteiger partial charge in [-0.25, -0.2) is 13.8 Å². The summed E-state index contributed by atoms with van der Waals surface area (Å²) >= 11 is 0. The summed E-state index contributed by atoms with van der Waals surface area (Å²) in [6.07, 6.45) is 1.40. The number of halogens is 2. The fraction of sp³-hybridized carbons (Fsp3) is 0.308. The van der Waals surface area contributed by atoms with E-state index in [1.807, 2.05) is 13.8 Å². The number of hydrogen-bond acceptors (Lipinski definition) is 2. The van der Waals surface area contributed by atoms with Crippen molar-refractivity contribution in [3.63, 3.8) is 0 Å². The second-order valence-electron chi connectivity index (χ2n) is 4.55. The average Bonchev–Trinajstić information content (AvgIpc) is 2.77. The smallest absolute Gasteiger partial charge is 0.135 e. The summed E-state index contributed by atoms with van der Waals surface area (Å²) in [5.74, 6) is -0.524. The van der Waals surface area contributed by atoms with Crippen LogP contribution in [-0.2, 0) is 0 Å². The van der Waals surface area contributed by atoms with Crippen molar-refractivity contribution in [2.75, 3.05) is 0 Å². The van der Waals surface area contributed by atoms with Gasteiger partial charge in [0.2, 0.25) is 0 Å². The maximum Gasteiger partial charge on any atom is 0.135 e. The van der Waals surface area contributed by atoms with Gasteiger partial charge in [0.25, 0.3) is 0 Å². The Labute approximate surface area is 104 Å². The number of nitrogens with zero attached hydrogens (tertiary/aromatic N) is 1. The molecule has 0 aliphatic rings. The zero-order valence-electron chi connectivity index (χ0n) is 10.2. The lowest BCUT2D eigenvalue weighted by molar-refractivity contribution is 0.494. The summed E-state index contributed by atoms with van der Waals surface area (Å²) in [6, 6.07) is 3.46. The molecule has 0 spiro atoms. The van der Waals surface area contributed by atoms with Gasteiger partial charge in [0.05, 0.1) is 23.5 Å². The highest BCUT2D eigenvalue weighted by Gasteiger charge is 2.17. The minimum absolute atomic E-state index is 0.104. The van der Waals surface area contributed by atoms with Gasteiger partial charge >= 0.3 is 0 Å². The molecule has 96 valence electrons. The molecule has 1 aromatic carbocycles. The zero-order valence-corrected chi connectivity index (χ0v) is 10.2. The first-order valence-corrected chi connectivity index (χ1v) is 5.75. The van der Waals surface area contributed by atoms with Gasteiger partial charge in [-0.3, -0.25) is 0 Å². The first kappa shape index (κ1) is 12.7. The molecule has 18 heavy (non-hydrogen) atoms. The predicted molar refractivity (Wildman–Crippen MR) is 65.7 cm³/mol. The predicted octanol–water partition coefficient (Wildman–Crippen LogP) is 3.01. The van der Waals surface area contributed by atoms with Gasteiger partial charge in [-0.2, -0.15) is 0 Å². The number of aromatic nitrogens is 2. The molecule has 1 atom stereocenters. The van der Waals surface area contributed by atoms with Crippen molar-refractivity contribution in [3.8, 4) is 11.3 Å². The lowest BCUT2D eigenvalue weighted by Gasteiger charge is -2.12. The molecule has 0 saturated carbocycles. The fourth-order valence-electron chi connectivity index (χ4n) is 1.70. The number of aromatic amines is 1. The Balaban J connectivity index is 2.41. The van der Waals surface area contributed by atoms with Gasteiger partial charge in [0.1, 0.15) is 17.5 Å². The normalized spacial score (nSPS) is 13.0. The Bertz CT molecular complexity index is 529. The molecule has 1 aromatic heterocycles. The van der Waals surface area contributed by atoms with Crippen molar-refractivity contribution < 1.29 is 8.78 Å². The molecule has 0 aliphatic carbocycles. The minimum Gasteiger partial charge on any atom is -0.341 e. The van der Waals surface area contributed by atoms with Crippen LogP contribution in [0.4, 0.5) is 8.78 Å². The average molecular weight is 251 g/mol. The molecule has 0 aliphatic heterocycles. The third-order valence-electron chi connectivity index (χ3n) is 2.86. The maximum atomic E-state index is 13.6. The first-order valence-electron chi connectivity index (χ1n) is 5.75. The molecular formula is C13H15F2N3. The summed E-state index contributed by atoms with van der Waals surface area (Å²) in [7, 11) is 0. The Morgan fingerprint density at radius 1 is 1.22 bits per heavy atom. The second kappa shape index (κ2) is 4.86. The van der Waals surface area contributed by atoms with E-state index in [4.69, 9.17) is 5.73 Å². The van der Waals surface area contributed by atoms with Crippen LogP contribution in [0.15, 0.2) is 24.4 Å². The van der Waals surface area contributed by atoms with Crippen LogP contribution in [0.5, 0.6) is 0 Å². The van der Waals surface area contributed by atoms with Gasteiger partial charge in [0, 0.05) is 0 Å². The van der Waals surface area contributed by atoms with Crippen LogP contribution in [0.3, 0.4) is 0 Å². The number of imidazole rings is 1. The molecule has 2 rings (SSSR count). The van der Waals surface area contributed by atoms with Gasteiger partial charge < -0.3 is 10.7 Å².